The zero-order valence-corrected chi connectivity index (χ0v) is 18.5. The molecule has 1 unspecified atom stereocenters. The first-order valence-corrected chi connectivity index (χ1v) is 10.5. The van der Waals surface area contributed by atoms with Gasteiger partial charge in [-0.05, 0) is 37.9 Å². The van der Waals surface area contributed by atoms with Gasteiger partial charge >= 0.3 is 0 Å². The van der Waals surface area contributed by atoms with Crippen molar-refractivity contribution in [1.29, 1.82) is 0 Å². The van der Waals surface area contributed by atoms with Crippen LogP contribution in [0.4, 0.5) is 5.69 Å². The number of nitrogens with two attached hydrogens (primary N) is 1. The van der Waals surface area contributed by atoms with E-state index >= 15 is 0 Å². The summed E-state index contributed by atoms with van der Waals surface area (Å²) in [5, 5.41) is 7.89. The van der Waals surface area contributed by atoms with Gasteiger partial charge < -0.3 is 16.4 Å². The third-order valence-electron chi connectivity index (χ3n) is 5.36. The van der Waals surface area contributed by atoms with Gasteiger partial charge in [-0.25, -0.2) is 0 Å². The van der Waals surface area contributed by atoms with E-state index in [0.29, 0.717) is 18.8 Å². The highest BCUT2D eigenvalue weighted by molar-refractivity contribution is 6.25. The fourth-order valence-corrected chi connectivity index (χ4v) is 3.75. The molecule has 1 aromatic carbocycles. The van der Waals surface area contributed by atoms with E-state index in [9.17, 15) is 24.0 Å². The predicted octanol–water partition coefficient (Wildman–Crippen LogP) is 0.557. The lowest BCUT2D eigenvalue weighted by molar-refractivity contribution is -0.136. The van der Waals surface area contributed by atoms with Gasteiger partial charge in [0.1, 0.15) is 6.04 Å². The van der Waals surface area contributed by atoms with E-state index in [-0.39, 0.29) is 48.8 Å². The van der Waals surface area contributed by atoms with Crippen molar-refractivity contribution >= 4 is 47.6 Å². The van der Waals surface area contributed by atoms with E-state index in [1.165, 1.54) is 6.07 Å². The van der Waals surface area contributed by atoms with Gasteiger partial charge in [0.25, 0.3) is 11.8 Å². The Labute approximate surface area is 192 Å². The molecule has 2 aliphatic rings. The molecule has 0 bridgehead atoms. The zero-order chi connectivity index (χ0) is 22.4. The Kier molecular flexibility index (Phi) is 9.15. The molecule has 2 heterocycles. The van der Waals surface area contributed by atoms with Gasteiger partial charge in [-0.2, -0.15) is 0 Å². The number of imide groups is 2. The fraction of sp³-hybridized carbons (Fsp3) is 0.476. The summed E-state index contributed by atoms with van der Waals surface area (Å²) in [6.45, 7) is 1.16. The lowest BCUT2D eigenvalue weighted by Crippen LogP contribution is -2.54. The number of halogens is 1. The standard InChI is InChI=1S/C21H27N5O5.ClH/c22-10-3-1-2-4-11-23-17(28)12-24-14-7-5-6-13-18(14)21(31)26(20(13)30)15-8-9-16(27)25-19(15)29;/h5-7,15,24H,1-4,8-12,22H2,(H,23,28)(H,25,27,29);1H. The SMILES string of the molecule is Cl.NCCCCCCNC(=O)CNc1cccc2c1C(=O)N(C1CCC(=O)NC1=O)C2=O. The molecule has 11 heteroatoms. The molecule has 1 atom stereocenters. The first-order valence-electron chi connectivity index (χ1n) is 10.5. The van der Waals surface area contributed by atoms with E-state index in [4.69, 9.17) is 5.73 Å². The molecule has 5 N–H and O–H groups in total. The van der Waals surface area contributed by atoms with Crippen molar-refractivity contribution in [3.05, 3.63) is 29.3 Å². The van der Waals surface area contributed by atoms with Crippen molar-refractivity contribution in [2.24, 2.45) is 5.73 Å². The maximum atomic E-state index is 13.0. The maximum Gasteiger partial charge on any atom is 0.264 e. The molecule has 0 aromatic heterocycles. The van der Waals surface area contributed by atoms with Crippen molar-refractivity contribution in [1.82, 2.24) is 15.5 Å². The molecule has 3 rings (SSSR count). The molecule has 10 nitrogen and oxygen atoms in total. The summed E-state index contributed by atoms with van der Waals surface area (Å²) in [6, 6.07) is 3.70. The van der Waals surface area contributed by atoms with Gasteiger partial charge in [-0.3, -0.25) is 34.2 Å². The number of carbonyl (C=O) groups is 5. The number of hydrogen-bond acceptors (Lipinski definition) is 7. The Morgan fingerprint density at radius 1 is 1.09 bits per heavy atom. The minimum Gasteiger partial charge on any atom is -0.375 e. The van der Waals surface area contributed by atoms with Crippen LogP contribution in [0.5, 0.6) is 0 Å². The molecular weight excluding hydrogens is 438 g/mol. The highest BCUT2D eigenvalue weighted by Gasteiger charge is 2.45. The second kappa shape index (κ2) is 11.6. The van der Waals surface area contributed by atoms with Gasteiger partial charge in [0.05, 0.1) is 17.7 Å². The number of nitrogens with zero attached hydrogens (tertiary/aromatic N) is 1. The summed E-state index contributed by atoms with van der Waals surface area (Å²) >= 11 is 0. The second-order valence-electron chi connectivity index (χ2n) is 7.58. The van der Waals surface area contributed by atoms with E-state index in [0.717, 1.165) is 30.6 Å². The monoisotopic (exact) mass is 465 g/mol. The lowest BCUT2D eigenvalue weighted by Gasteiger charge is -2.27. The number of carbonyl (C=O) groups excluding carboxylic acids is 5. The van der Waals surface area contributed by atoms with Crippen LogP contribution in [-0.2, 0) is 14.4 Å². The number of benzene rings is 1. The third-order valence-corrected chi connectivity index (χ3v) is 5.36. The number of piperidine rings is 1. The van der Waals surface area contributed by atoms with E-state index in [1.54, 1.807) is 12.1 Å². The van der Waals surface area contributed by atoms with Crippen molar-refractivity contribution in [2.75, 3.05) is 25.0 Å². The predicted molar refractivity (Wildman–Crippen MR) is 119 cm³/mol. The first-order chi connectivity index (χ1) is 14.9. The summed E-state index contributed by atoms with van der Waals surface area (Å²) in [4.78, 5) is 62.3. The number of fused-ring (bicyclic) bond motifs is 1. The summed E-state index contributed by atoms with van der Waals surface area (Å²) in [6.07, 6.45) is 4.00. The smallest absolute Gasteiger partial charge is 0.264 e. The number of nitrogens with one attached hydrogen (secondary N) is 3. The average Bonchev–Trinajstić information content (AvgIpc) is 3.00. The summed E-state index contributed by atoms with van der Waals surface area (Å²) < 4.78 is 0. The summed E-state index contributed by atoms with van der Waals surface area (Å²) in [5.74, 6) is -2.51. The Bertz CT molecular complexity index is 907. The second-order valence-corrected chi connectivity index (χ2v) is 7.58. The number of unbranched alkanes of at least 4 members (excludes halogenated alkanes) is 3. The average molecular weight is 466 g/mol. The molecule has 32 heavy (non-hydrogen) atoms. The molecule has 0 saturated carbocycles. The highest BCUT2D eigenvalue weighted by atomic mass is 35.5. The molecule has 1 saturated heterocycles. The normalized spacial score (nSPS) is 17.5. The molecular formula is C21H28ClN5O5. The number of rotatable bonds is 10. The minimum atomic E-state index is -1.03. The van der Waals surface area contributed by atoms with Crippen LogP contribution in [0.25, 0.3) is 0 Å². The van der Waals surface area contributed by atoms with Gasteiger partial charge in [-0.1, -0.05) is 18.9 Å². The van der Waals surface area contributed by atoms with Crippen LogP contribution in [-0.4, -0.2) is 60.1 Å². The molecule has 2 aliphatic heterocycles. The molecule has 174 valence electrons. The zero-order valence-electron chi connectivity index (χ0n) is 17.6. The van der Waals surface area contributed by atoms with Crippen molar-refractivity contribution < 1.29 is 24.0 Å². The number of anilines is 1. The van der Waals surface area contributed by atoms with E-state index < -0.39 is 29.7 Å². The van der Waals surface area contributed by atoms with Crippen LogP contribution in [0, 0.1) is 0 Å². The van der Waals surface area contributed by atoms with Crippen molar-refractivity contribution in [3.8, 4) is 0 Å². The molecule has 5 amide bonds. The summed E-state index contributed by atoms with van der Waals surface area (Å²) in [5.41, 5.74) is 6.10. The summed E-state index contributed by atoms with van der Waals surface area (Å²) in [7, 11) is 0. The van der Waals surface area contributed by atoms with E-state index in [1.807, 2.05) is 0 Å². The van der Waals surface area contributed by atoms with Crippen molar-refractivity contribution in [2.45, 2.75) is 44.6 Å². The lowest BCUT2D eigenvalue weighted by atomic mass is 10.0. The van der Waals surface area contributed by atoms with Crippen LogP contribution in [0.1, 0.15) is 59.2 Å². The third kappa shape index (κ3) is 5.63. The van der Waals surface area contributed by atoms with Crippen LogP contribution in [0.15, 0.2) is 18.2 Å². The van der Waals surface area contributed by atoms with Crippen LogP contribution in [0.2, 0.25) is 0 Å². The maximum absolute atomic E-state index is 13.0. The van der Waals surface area contributed by atoms with E-state index in [2.05, 4.69) is 16.0 Å². The van der Waals surface area contributed by atoms with Crippen LogP contribution < -0.4 is 21.7 Å². The Morgan fingerprint density at radius 2 is 1.84 bits per heavy atom. The Hall–Kier alpha value is -2.98. The molecule has 0 aliphatic carbocycles. The molecule has 0 spiro atoms. The van der Waals surface area contributed by atoms with Gasteiger partial charge in [0, 0.05) is 18.7 Å². The van der Waals surface area contributed by atoms with Gasteiger partial charge in [-0.15, -0.1) is 12.4 Å². The van der Waals surface area contributed by atoms with Gasteiger partial charge in [0.2, 0.25) is 17.7 Å². The first kappa shape index (κ1) is 25.3. The molecule has 0 radical (unpaired) electrons. The topological polar surface area (TPSA) is 151 Å². The highest BCUT2D eigenvalue weighted by Crippen LogP contribution is 2.32. The molecule has 1 aromatic rings. The number of hydrogen-bond donors (Lipinski definition) is 4. The van der Waals surface area contributed by atoms with Crippen LogP contribution >= 0.6 is 12.4 Å². The number of amides is 5. The Balaban J connectivity index is 0.00000363. The van der Waals surface area contributed by atoms with Crippen molar-refractivity contribution in [3.63, 3.8) is 0 Å². The fourth-order valence-electron chi connectivity index (χ4n) is 3.75. The minimum absolute atomic E-state index is 0. The molecule has 1 fully saturated rings. The largest absolute Gasteiger partial charge is 0.375 e. The Morgan fingerprint density at radius 3 is 2.56 bits per heavy atom. The van der Waals surface area contributed by atoms with Crippen LogP contribution in [0.3, 0.4) is 0 Å². The quantitative estimate of drug-likeness (QED) is 0.291. The van der Waals surface area contributed by atoms with Gasteiger partial charge in [0.15, 0.2) is 0 Å².